The molecule has 0 radical (unpaired) electrons. The standard InChI is InChI=1S/C7H12N4O2S/c1-2-13-5-3-4-14-6(5)11(9)7(12)10-8/h3-4H,2,8-9H2,1H3,(H,10,12). The number of amides is 2. The predicted octanol–water partition coefficient (Wildman–Crippen LogP) is 0.410. The van der Waals surface area contributed by atoms with Crippen molar-refractivity contribution in [2.75, 3.05) is 11.6 Å². The van der Waals surface area contributed by atoms with Gasteiger partial charge in [-0.1, -0.05) is 0 Å². The number of hydrogen-bond donors (Lipinski definition) is 3. The fourth-order valence-electron chi connectivity index (χ4n) is 0.892. The third-order valence-corrected chi connectivity index (χ3v) is 2.36. The van der Waals surface area contributed by atoms with Crippen LogP contribution in [0.15, 0.2) is 11.4 Å². The van der Waals surface area contributed by atoms with Crippen LogP contribution in [0.5, 0.6) is 5.75 Å². The number of nitrogens with zero attached hydrogens (tertiary/aromatic N) is 1. The Bertz CT molecular complexity index is 314. The van der Waals surface area contributed by atoms with Crippen LogP contribution in [0.2, 0.25) is 0 Å². The monoisotopic (exact) mass is 216 g/mol. The van der Waals surface area contributed by atoms with E-state index in [-0.39, 0.29) is 0 Å². The predicted molar refractivity (Wildman–Crippen MR) is 54.9 cm³/mol. The van der Waals surface area contributed by atoms with E-state index in [2.05, 4.69) is 0 Å². The van der Waals surface area contributed by atoms with Crippen LogP contribution < -0.4 is 26.9 Å². The van der Waals surface area contributed by atoms with E-state index in [1.165, 1.54) is 11.3 Å². The summed E-state index contributed by atoms with van der Waals surface area (Å²) in [5.74, 6) is 11.0. The molecule has 1 aromatic rings. The van der Waals surface area contributed by atoms with Crippen LogP contribution in [-0.2, 0) is 0 Å². The lowest BCUT2D eigenvalue weighted by molar-refractivity contribution is 0.246. The summed E-state index contributed by atoms with van der Waals surface area (Å²) in [5, 5.41) is 3.22. The third-order valence-electron chi connectivity index (χ3n) is 1.47. The number of nitrogens with two attached hydrogens (primary N) is 2. The van der Waals surface area contributed by atoms with E-state index in [0.29, 0.717) is 17.4 Å². The Hall–Kier alpha value is -1.31. The van der Waals surface area contributed by atoms with Crippen molar-refractivity contribution >= 4 is 22.4 Å². The highest BCUT2D eigenvalue weighted by Gasteiger charge is 2.16. The quantitative estimate of drug-likeness (QED) is 0.387. The first kappa shape index (κ1) is 10.8. The normalized spacial score (nSPS) is 9.64. The molecule has 0 saturated heterocycles. The number of ether oxygens (including phenoxy) is 1. The van der Waals surface area contributed by atoms with Crippen molar-refractivity contribution in [2.45, 2.75) is 6.92 Å². The van der Waals surface area contributed by atoms with Crippen LogP contribution >= 0.6 is 11.3 Å². The van der Waals surface area contributed by atoms with Crippen molar-refractivity contribution in [1.82, 2.24) is 5.43 Å². The third kappa shape index (κ3) is 2.13. The van der Waals surface area contributed by atoms with Crippen LogP contribution in [-0.4, -0.2) is 12.6 Å². The zero-order chi connectivity index (χ0) is 10.6. The van der Waals surface area contributed by atoms with E-state index in [9.17, 15) is 4.79 Å². The lowest BCUT2D eigenvalue weighted by Crippen LogP contribution is -2.47. The molecule has 0 aliphatic carbocycles. The maximum Gasteiger partial charge on any atom is 0.351 e. The highest BCUT2D eigenvalue weighted by Crippen LogP contribution is 2.32. The average Bonchev–Trinajstić information content (AvgIpc) is 2.64. The van der Waals surface area contributed by atoms with Crippen molar-refractivity contribution in [3.8, 4) is 5.75 Å². The molecule has 14 heavy (non-hydrogen) atoms. The van der Waals surface area contributed by atoms with Gasteiger partial charge in [-0.15, -0.1) is 11.3 Å². The number of carbonyl (C=O) groups excluding carboxylic acids is 1. The fourth-order valence-corrected chi connectivity index (χ4v) is 1.65. The molecule has 0 atom stereocenters. The minimum atomic E-state index is -0.589. The zero-order valence-corrected chi connectivity index (χ0v) is 8.50. The van der Waals surface area contributed by atoms with Gasteiger partial charge in [0.1, 0.15) is 0 Å². The largest absolute Gasteiger partial charge is 0.491 e. The molecule has 1 heterocycles. The highest BCUT2D eigenvalue weighted by atomic mass is 32.1. The summed E-state index contributed by atoms with van der Waals surface area (Å²) < 4.78 is 5.26. The first-order chi connectivity index (χ1) is 6.70. The fraction of sp³-hybridized carbons (Fsp3) is 0.286. The summed E-state index contributed by atoms with van der Waals surface area (Å²) >= 11 is 1.30. The lowest BCUT2D eigenvalue weighted by atomic mass is 10.5. The lowest BCUT2D eigenvalue weighted by Gasteiger charge is -2.15. The van der Waals surface area contributed by atoms with Crippen molar-refractivity contribution in [3.05, 3.63) is 11.4 Å². The molecule has 0 bridgehead atoms. The number of nitrogens with one attached hydrogen (secondary N) is 1. The summed E-state index contributed by atoms with van der Waals surface area (Å²) in [6.45, 7) is 2.37. The molecule has 0 aliphatic heterocycles. The Kier molecular flexibility index (Phi) is 3.69. The maximum absolute atomic E-state index is 11.1. The topological polar surface area (TPSA) is 93.6 Å². The number of urea groups is 1. The molecule has 0 spiro atoms. The molecular formula is C7H12N4O2S. The van der Waals surface area contributed by atoms with Gasteiger partial charge in [0.25, 0.3) is 0 Å². The number of hydrazine groups is 2. The van der Waals surface area contributed by atoms with Crippen LogP contribution in [0.4, 0.5) is 9.80 Å². The van der Waals surface area contributed by atoms with Gasteiger partial charge in [-0.2, -0.15) is 0 Å². The first-order valence-electron chi connectivity index (χ1n) is 3.96. The summed E-state index contributed by atoms with van der Waals surface area (Å²) in [6.07, 6.45) is 0. The van der Waals surface area contributed by atoms with Gasteiger partial charge in [-0.25, -0.2) is 21.5 Å². The van der Waals surface area contributed by atoms with Gasteiger partial charge in [0, 0.05) is 0 Å². The van der Waals surface area contributed by atoms with E-state index in [4.69, 9.17) is 16.4 Å². The Balaban J connectivity index is 2.83. The van der Waals surface area contributed by atoms with E-state index in [0.717, 1.165) is 5.01 Å². The van der Waals surface area contributed by atoms with E-state index in [1.807, 2.05) is 12.3 Å². The van der Waals surface area contributed by atoms with Gasteiger partial charge >= 0.3 is 6.03 Å². The molecular weight excluding hydrogens is 204 g/mol. The maximum atomic E-state index is 11.1. The molecule has 0 aliphatic rings. The van der Waals surface area contributed by atoms with Crippen LogP contribution in [0.1, 0.15) is 6.92 Å². The minimum Gasteiger partial charge on any atom is -0.491 e. The van der Waals surface area contributed by atoms with Crippen molar-refractivity contribution in [1.29, 1.82) is 0 Å². The van der Waals surface area contributed by atoms with Crippen molar-refractivity contribution < 1.29 is 9.53 Å². The molecule has 2 amide bonds. The Labute approximate surface area is 85.4 Å². The molecule has 0 fully saturated rings. The Morgan fingerprint density at radius 3 is 3.07 bits per heavy atom. The number of rotatable bonds is 3. The SMILES string of the molecule is CCOc1ccsc1N(N)C(=O)NN. The number of hydrogen-bond acceptors (Lipinski definition) is 5. The second-order valence-electron chi connectivity index (χ2n) is 2.34. The zero-order valence-electron chi connectivity index (χ0n) is 7.69. The summed E-state index contributed by atoms with van der Waals surface area (Å²) in [5.41, 5.74) is 1.94. The van der Waals surface area contributed by atoms with Gasteiger partial charge in [0.15, 0.2) is 10.8 Å². The molecule has 1 aromatic heterocycles. The Morgan fingerprint density at radius 2 is 2.50 bits per heavy atom. The van der Waals surface area contributed by atoms with Crippen molar-refractivity contribution in [2.24, 2.45) is 11.7 Å². The smallest absolute Gasteiger partial charge is 0.351 e. The highest BCUT2D eigenvalue weighted by molar-refractivity contribution is 7.14. The minimum absolute atomic E-state index is 0.516. The Morgan fingerprint density at radius 1 is 1.79 bits per heavy atom. The van der Waals surface area contributed by atoms with E-state index < -0.39 is 6.03 Å². The van der Waals surface area contributed by atoms with Gasteiger partial charge in [0.05, 0.1) is 6.61 Å². The van der Waals surface area contributed by atoms with Crippen LogP contribution in [0.3, 0.4) is 0 Å². The summed E-state index contributed by atoms with van der Waals surface area (Å²) in [4.78, 5) is 11.1. The molecule has 0 aromatic carbocycles. The number of anilines is 1. The van der Waals surface area contributed by atoms with Gasteiger partial charge in [0.2, 0.25) is 0 Å². The number of thiophene rings is 1. The van der Waals surface area contributed by atoms with Gasteiger partial charge in [-0.05, 0) is 18.4 Å². The second-order valence-corrected chi connectivity index (χ2v) is 3.24. The van der Waals surface area contributed by atoms with Crippen molar-refractivity contribution in [3.63, 3.8) is 0 Å². The van der Waals surface area contributed by atoms with E-state index >= 15 is 0 Å². The molecule has 0 unspecified atom stereocenters. The second kappa shape index (κ2) is 4.80. The molecule has 78 valence electrons. The van der Waals surface area contributed by atoms with E-state index in [1.54, 1.807) is 11.4 Å². The summed E-state index contributed by atoms with van der Waals surface area (Å²) in [7, 11) is 0. The van der Waals surface area contributed by atoms with Gasteiger partial charge < -0.3 is 4.74 Å². The number of carbonyl (C=O) groups is 1. The molecule has 0 saturated carbocycles. The molecule has 7 heteroatoms. The van der Waals surface area contributed by atoms with Gasteiger partial charge in [-0.3, -0.25) is 5.43 Å². The van der Waals surface area contributed by atoms with Crippen LogP contribution in [0, 0.1) is 0 Å². The average molecular weight is 216 g/mol. The molecule has 6 nitrogen and oxygen atoms in total. The summed E-state index contributed by atoms with van der Waals surface area (Å²) in [6, 6.07) is 1.15. The van der Waals surface area contributed by atoms with Crippen LogP contribution in [0.25, 0.3) is 0 Å². The molecule has 1 rings (SSSR count). The first-order valence-corrected chi connectivity index (χ1v) is 4.84. The molecule has 5 N–H and O–H groups in total.